The Morgan fingerprint density at radius 3 is 2.38 bits per heavy atom. The Labute approximate surface area is 139 Å². The summed E-state index contributed by atoms with van der Waals surface area (Å²) >= 11 is 12.2. The first-order valence-corrected chi connectivity index (χ1v) is 8.80. The molecule has 0 aromatic heterocycles. The van der Waals surface area contributed by atoms with E-state index in [9.17, 15) is 0 Å². The molecule has 1 atom stereocenters. The largest absolute Gasteiger partial charge is 0.312 e. The highest BCUT2D eigenvalue weighted by atomic mass is 35.5. The number of rotatable bonds is 5. The molecule has 3 heteroatoms. The van der Waals surface area contributed by atoms with Gasteiger partial charge in [-0.05, 0) is 63.3 Å². The molecule has 0 spiro atoms. The highest BCUT2D eigenvalue weighted by Gasteiger charge is 2.26. The molecule has 0 aliphatic heterocycles. The molecule has 1 saturated carbocycles. The maximum absolute atomic E-state index is 6.16. The molecule has 0 amide bonds. The second kappa shape index (κ2) is 7.35. The summed E-state index contributed by atoms with van der Waals surface area (Å²) in [5.41, 5.74) is 1.48. The van der Waals surface area contributed by atoms with Crippen molar-refractivity contribution in [1.29, 1.82) is 0 Å². The number of hydrogen-bond donors (Lipinski definition) is 1. The Hall–Kier alpha value is -0.240. The van der Waals surface area contributed by atoms with Crippen LogP contribution in [0.4, 0.5) is 0 Å². The Bertz CT molecular complexity index is 459. The van der Waals surface area contributed by atoms with Crippen LogP contribution in [0.3, 0.4) is 0 Å². The van der Waals surface area contributed by atoms with Crippen molar-refractivity contribution in [3.8, 4) is 0 Å². The van der Waals surface area contributed by atoms with Gasteiger partial charge in [-0.2, -0.15) is 0 Å². The first kappa shape index (κ1) is 17.1. The zero-order valence-corrected chi connectivity index (χ0v) is 14.9. The van der Waals surface area contributed by atoms with Crippen molar-refractivity contribution in [2.45, 2.75) is 58.4 Å². The van der Waals surface area contributed by atoms with Gasteiger partial charge in [0.1, 0.15) is 0 Å². The summed E-state index contributed by atoms with van der Waals surface area (Å²) < 4.78 is 0. The van der Waals surface area contributed by atoms with Gasteiger partial charge in [-0.15, -0.1) is 0 Å². The van der Waals surface area contributed by atoms with Gasteiger partial charge < -0.3 is 5.32 Å². The second-order valence-electron chi connectivity index (χ2n) is 7.39. The lowest BCUT2D eigenvalue weighted by Crippen LogP contribution is -2.41. The highest BCUT2D eigenvalue weighted by Crippen LogP contribution is 2.34. The van der Waals surface area contributed by atoms with Gasteiger partial charge in [0.15, 0.2) is 0 Å². The molecule has 0 saturated heterocycles. The van der Waals surface area contributed by atoms with Crippen LogP contribution in [0.1, 0.15) is 52.0 Å². The number of hydrogen-bond acceptors (Lipinski definition) is 1. The van der Waals surface area contributed by atoms with Crippen LogP contribution in [0.25, 0.3) is 0 Å². The first-order valence-electron chi connectivity index (χ1n) is 8.04. The van der Waals surface area contributed by atoms with Crippen LogP contribution in [0, 0.1) is 11.8 Å². The van der Waals surface area contributed by atoms with E-state index in [1.807, 2.05) is 12.1 Å². The molecule has 0 heterocycles. The molecule has 118 valence electrons. The fourth-order valence-corrected chi connectivity index (χ4v) is 3.56. The second-order valence-corrected chi connectivity index (χ2v) is 8.20. The van der Waals surface area contributed by atoms with E-state index < -0.39 is 0 Å². The summed E-state index contributed by atoms with van der Waals surface area (Å²) in [5.74, 6) is 1.53. The van der Waals surface area contributed by atoms with Crippen LogP contribution >= 0.6 is 23.2 Å². The Kier molecular flexibility index (Phi) is 5.99. The van der Waals surface area contributed by atoms with E-state index in [1.54, 1.807) is 0 Å². The third-order valence-electron chi connectivity index (χ3n) is 4.44. The summed E-state index contributed by atoms with van der Waals surface area (Å²) in [7, 11) is 0. The minimum atomic E-state index is 0.175. The van der Waals surface area contributed by atoms with Crippen molar-refractivity contribution < 1.29 is 0 Å². The molecule has 1 aromatic rings. The zero-order valence-electron chi connectivity index (χ0n) is 13.4. The van der Waals surface area contributed by atoms with E-state index in [4.69, 9.17) is 23.2 Å². The van der Waals surface area contributed by atoms with Gasteiger partial charge in [-0.3, -0.25) is 0 Å². The average Bonchev–Trinajstić information content (AvgIpc) is 2.91. The normalized spacial score (nSPS) is 18.1. The SMILES string of the molecule is CC(C)(C)NCC(Cc1ccc(Cl)c(Cl)c1)C1CCCC1. The molecule has 1 unspecified atom stereocenters. The van der Waals surface area contributed by atoms with Crippen molar-refractivity contribution in [2.75, 3.05) is 6.54 Å². The smallest absolute Gasteiger partial charge is 0.0595 e. The molecule has 1 nitrogen and oxygen atoms in total. The van der Waals surface area contributed by atoms with E-state index in [2.05, 4.69) is 32.2 Å². The lowest BCUT2D eigenvalue weighted by atomic mass is 9.85. The fraction of sp³-hybridized carbons (Fsp3) is 0.667. The third-order valence-corrected chi connectivity index (χ3v) is 5.18. The summed E-state index contributed by atoms with van der Waals surface area (Å²) in [5, 5.41) is 5.00. The van der Waals surface area contributed by atoms with Crippen LogP contribution in [0.15, 0.2) is 18.2 Å². The maximum Gasteiger partial charge on any atom is 0.0595 e. The molecule has 1 aromatic carbocycles. The lowest BCUT2D eigenvalue weighted by molar-refractivity contribution is 0.286. The van der Waals surface area contributed by atoms with Crippen LogP contribution in [-0.4, -0.2) is 12.1 Å². The predicted molar refractivity (Wildman–Crippen MR) is 93.4 cm³/mol. The van der Waals surface area contributed by atoms with Gasteiger partial charge in [0.25, 0.3) is 0 Å². The molecule has 0 radical (unpaired) electrons. The maximum atomic E-state index is 6.16. The molecule has 1 fully saturated rings. The number of benzene rings is 1. The summed E-state index contributed by atoms with van der Waals surface area (Å²) in [4.78, 5) is 0. The molecule has 0 bridgehead atoms. The molecule has 21 heavy (non-hydrogen) atoms. The van der Waals surface area contributed by atoms with Gasteiger partial charge in [-0.1, -0.05) is 55.0 Å². The Morgan fingerprint density at radius 2 is 1.81 bits per heavy atom. The van der Waals surface area contributed by atoms with Crippen molar-refractivity contribution in [1.82, 2.24) is 5.32 Å². The van der Waals surface area contributed by atoms with E-state index in [1.165, 1.54) is 31.2 Å². The quantitative estimate of drug-likeness (QED) is 0.728. The van der Waals surface area contributed by atoms with Gasteiger partial charge in [-0.25, -0.2) is 0 Å². The summed E-state index contributed by atoms with van der Waals surface area (Å²) in [6, 6.07) is 6.07. The number of nitrogens with one attached hydrogen (secondary N) is 1. The third kappa shape index (κ3) is 5.47. The van der Waals surface area contributed by atoms with E-state index in [0.717, 1.165) is 18.9 Å². The number of halogens is 2. The van der Waals surface area contributed by atoms with Crippen LogP contribution < -0.4 is 5.32 Å². The summed E-state index contributed by atoms with van der Waals surface area (Å²) in [6.45, 7) is 7.78. The van der Waals surface area contributed by atoms with Crippen molar-refractivity contribution in [2.24, 2.45) is 11.8 Å². The first-order chi connectivity index (χ1) is 9.85. The predicted octanol–water partition coefficient (Wildman–Crippen LogP) is 5.73. The van der Waals surface area contributed by atoms with Crippen molar-refractivity contribution in [3.05, 3.63) is 33.8 Å². The Balaban J connectivity index is 2.05. The standard InChI is InChI=1S/C18H27Cl2N/c1-18(2,3)21-12-15(14-6-4-5-7-14)10-13-8-9-16(19)17(20)11-13/h8-9,11,14-15,21H,4-7,10,12H2,1-3H3. The monoisotopic (exact) mass is 327 g/mol. The molecular weight excluding hydrogens is 301 g/mol. The van der Waals surface area contributed by atoms with Crippen LogP contribution in [0.2, 0.25) is 10.0 Å². The fourth-order valence-electron chi connectivity index (χ4n) is 3.24. The topological polar surface area (TPSA) is 12.0 Å². The van der Waals surface area contributed by atoms with E-state index >= 15 is 0 Å². The van der Waals surface area contributed by atoms with Crippen LogP contribution in [0.5, 0.6) is 0 Å². The molecule has 1 aliphatic rings. The summed E-state index contributed by atoms with van der Waals surface area (Å²) in [6.07, 6.45) is 6.61. The van der Waals surface area contributed by atoms with Gasteiger partial charge >= 0.3 is 0 Å². The van der Waals surface area contributed by atoms with Gasteiger partial charge in [0, 0.05) is 5.54 Å². The van der Waals surface area contributed by atoms with Crippen molar-refractivity contribution in [3.63, 3.8) is 0 Å². The molecule has 1 N–H and O–H groups in total. The van der Waals surface area contributed by atoms with E-state index in [0.29, 0.717) is 16.0 Å². The zero-order chi connectivity index (χ0) is 15.5. The molecule has 1 aliphatic carbocycles. The average molecular weight is 328 g/mol. The molecule has 2 rings (SSSR count). The minimum absolute atomic E-state index is 0.175. The van der Waals surface area contributed by atoms with Crippen molar-refractivity contribution >= 4 is 23.2 Å². The van der Waals surface area contributed by atoms with Gasteiger partial charge in [0.2, 0.25) is 0 Å². The van der Waals surface area contributed by atoms with Gasteiger partial charge in [0.05, 0.1) is 10.0 Å². The Morgan fingerprint density at radius 1 is 1.14 bits per heavy atom. The lowest BCUT2D eigenvalue weighted by Gasteiger charge is -2.29. The van der Waals surface area contributed by atoms with Crippen LogP contribution in [-0.2, 0) is 6.42 Å². The minimum Gasteiger partial charge on any atom is -0.312 e. The molecular formula is C18H27Cl2N. The van der Waals surface area contributed by atoms with E-state index in [-0.39, 0.29) is 5.54 Å². The highest BCUT2D eigenvalue weighted by molar-refractivity contribution is 6.42.